The van der Waals surface area contributed by atoms with Crippen molar-refractivity contribution in [1.82, 2.24) is 0 Å². The number of ether oxygens (including phenoxy) is 2. The molecule has 3 aromatic rings. The Labute approximate surface area is 167 Å². The van der Waals surface area contributed by atoms with Gasteiger partial charge >= 0.3 is 5.97 Å². The van der Waals surface area contributed by atoms with Crippen LogP contribution < -0.4 is 4.74 Å². The fraction of sp³-hybridized carbons (Fsp3) is 0.174. The lowest BCUT2D eigenvalue weighted by Gasteiger charge is -2.18. The van der Waals surface area contributed by atoms with Crippen LogP contribution in [0.3, 0.4) is 0 Å². The maximum atomic E-state index is 14.6. The van der Waals surface area contributed by atoms with E-state index in [0.29, 0.717) is 0 Å². The quantitative estimate of drug-likeness (QED) is 0.579. The minimum atomic E-state index is -0.614. The molecule has 4 nitrogen and oxygen atoms in total. The number of halogens is 2. The van der Waals surface area contributed by atoms with E-state index >= 15 is 0 Å². The maximum absolute atomic E-state index is 14.6. The van der Waals surface area contributed by atoms with Crippen molar-refractivity contribution < 1.29 is 28.2 Å². The second kappa shape index (κ2) is 9.30. The van der Waals surface area contributed by atoms with Gasteiger partial charge in [0.15, 0.2) is 0 Å². The Balaban J connectivity index is 2.34. The standard InChI is InChI=1S/C23H20F2O4/c1-2-28-23(27)15-13-18(16-7-3-5-9-20(16)24)22(29-12-11-26)19(14-15)17-8-4-6-10-21(17)25/h3-10,13-14,26H,2,11-12H2,1H3. The van der Waals surface area contributed by atoms with Crippen molar-refractivity contribution in [3.63, 3.8) is 0 Å². The molecule has 0 spiro atoms. The van der Waals surface area contributed by atoms with Gasteiger partial charge in [-0.3, -0.25) is 0 Å². The molecule has 0 radical (unpaired) electrons. The summed E-state index contributed by atoms with van der Waals surface area (Å²) in [6.45, 7) is 1.46. The predicted molar refractivity (Wildman–Crippen MR) is 106 cm³/mol. The van der Waals surface area contributed by atoms with Crippen LogP contribution in [-0.4, -0.2) is 30.9 Å². The molecule has 0 fully saturated rings. The van der Waals surface area contributed by atoms with Gasteiger partial charge in [0.1, 0.15) is 24.0 Å². The first-order valence-corrected chi connectivity index (χ1v) is 9.15. The molecule has 0 saturated carbocycles. The van der Waals surface area contributed by atoms with Crippen molar-refractivity contribution in [3.05, 3.63) is 77.9 Å². The summed E-state index contributed by atoms with van der Waals surface area (Å²) < 4.78 is 39.9. The van der Waals surface area contributed by atoms with Gasteiger partial charge in [-0.05, 0) is 31.2 Å². The number of carbonyl (C=O) groups is 1. The molecule has 6 heteroatoms. The van der Waals surface area contributed by atoms with Crippen molar-refractivity contribution in [2.75, 3.05) is 19.8 Å². The molecule has 0 aliphatic rings. The van der Waals surface area contributed by atoms with Crippen molar-refractivity contribution in [2.45, 2.75) is 6.92 Å². The summed E-state index contributed by atoms with van der Waals surface area (Å²) in [5.74, 6) is -1.50. The van der Waals surface area contributed by atoms with E-state index in [1.165, 1.54) is 36.4 Å². The third-order valence-corrected chi connectivity index (χ3v) is 4.27. The molecule has 0 bridgehead atoms. The molecule has 0 amide bonds. The molecule has 29 heavy (non-hydrogen) atoms. The molecule has 3 rings (SSSR count). The first kappa shape index (κ1) is 20.5. The van der Waals surface area contributed by atoms with Crippen LogP contribution >= 0.6 is 0 Å². The summed E-state index contributed by atoms with van der Waals surface area (Å²) in [5, 5.41) is 9.23. The van der Waals surface area contributed by atoms with E-state index < -0.39 is 17.6 Å². The molecule has 0 aromatic heterocycles. The van der Waals surface area contributed by atoms with Gasteiger partial charge in [-0.25, -0.2) is 13.6 Å². The molecule has 0 heterocycles. The zero-order valence-corrected chi connectivity index (χ0v) is 15.8. The number of esters is 1. The number of aliphatic hydroxyl groups excluding tert-OH is 1. The van der Waals surface area contributed by atoms with Crippen molar-refractivity contribution in [1.29, 1.82) is 0 Å². The summed E-state index contributed by atoms with van der Waals surface area (Å²) in [6.07, 6.45) is 0. The van der Waals surface area contributed by atoms with E-state index in [2.05, 4.69) is 0 Å². The lowest BCUT2D eigenvalue weighted by molar-refractivity contribution is 0.0526. The van der Waals surface area contributed by atoms with Crippen molar-refractivity contribution >= 4 is 5.97 Å². The predicted octanol–water partition coefficient (Wildman–Crippen LogP) is 4.85. The second-order valence-electron chi connectivity index (χ2n) is 6.15. The van der Waals surface area contributed by atoms with Crippen molar-refractivity contribution in [2.24, 2.45) is 0 Å². The van der Waals surface area contributed by atoms with E-state index in [9.17, 15) is 18.7 Å². The number of carbonyl (C=O) groups excluding carboxylic acids is 1. The van der Waals surface area contributed by atoms with E-state index in [-0.39, 0.29) is 53.4 Å². The monoisotopic (exact) mass is 398 g/mol. The Bertz CT molecular complexity index is 951. The summed E-state index contributed by atoms with van der Waals surface area (Å²) in [5.41, 5.74) is 1.04. The second-order valence-corrected chi connectivity index (χ2v) is 6.15. The fourth-order valence-corrected chi connectivity index (χ4v) is 3.02. The zero-order valence-electron chi connectivity index (χ0n) is 15.8. The van der Waals surface area contributed by atoms with Crippen LogP contribution in [0, 0.1) is 11.6 Å². The summed E-state index contributed by atoms with van der Waals surface area (Å²) in [7, 11) is 0. The van der Waals surface area contributed by atoms with E-state index in [1.807, 2.05) is 0 Å². The molecule has 3 aromatic carbocycles. The van der Waals surface area contributed by atoms with Crippen LogP contribution in [0.15, 0.2) is 60.7 Å². The van der Waals surface area contributed by atoms with Gasteiger partial charge in [-0.15, -0.1) is 0 Å². The van der Waals surface area contributed by atoms with Crippen LogP contribution in [0.2, 0.25) is 0 Å². The SMILES string of the molecule is CCOC(=O)c1cc(-c2ccccc2F)c(OCCO)c(-c2ccccc2F)c1. The van der Waals surface area contributed by atoms with Gasteiger partial charge < -0.3 is 14.6 Å². The van der Waals surface area contributed by atoms with Crippen LogP contribution in [0.5, 0.6) is 5.75 Å². The molecule has 0 atom stereocenters. The van der Waals surface area contributed by atoms with Gasteiger partial charge in [-0.1, -0.05) is 36.4 Å². The molecular formula is C23H20F2O4. The molecule has 0 saturated heterocycles. The number of hydrogen-bond donors (Lipinski definition) is 1. The highest BCUT2D eigenvalue weighted by molar-refractivity contribution is 5.96. The van der Waals surface area contributed by atoms with Gasteiger partial charge in [0.05, 0.1) is 18.8 Å². The molecule has 0 aliphatic heterocycles. The fourth-order valence-electron chi connectivity index (χ4n) is 3.02. The Morgan fingerprint density at radius 1 is 0.897 bits per heavy atom. The lowest BCUT2D eigenvalue weighted by atomic mass is 9.93. The topological polar surface area (TPSA) is 55.8 Å². The number of hydrogen-bond acceptors (Lipinski definition) is 4. The van der Waals surface area contributed by atoms with Crippen LogP contribution in [0.1, 0.15) is 17.3 Å². The lowest BCUT2D eigenvalue weighted by Crippen LogP contribution is -2.09. The third-order valence-electron chi connectivity index (χ3n) is 4.27. The molecule has 0 aliphatic carbocycles. The van der Waals surface area contributed by atoms with E-state index in [0.717, 1.165) is 0 Å². The first-order chi connectivity index (χ1) is 14.1. The highest BCUT2D eigenvalue weighted by Crippen LogP contribution is 2.42. The summed E-state index contributed by atoms with van der Waals surface area (Å²) in [4.78, 5) is 12.4. The minimum absolute atomic E-state index is 0.0817. The number of rotatable bonds is 7. The van der Waals surface area contributed by atoms with E-state index in [1.54, 1.807) is 31.2 Å². The first-order valence-electron chi connectivity index (χ1n) is 9.15. The van der Waals surface area contributed by atoms with Crippen LogP contribution in [-0.2, 0) is 4.74 Å². The van der Waals surface area contributed by atoms with Gasteiger partial charge in [0, 0.05) is 22.3 Å². The number of benzene rings is 3. The van der Waals surface area contributed by atoms with E-state index in [4.69, 9.17) is 9.47 Å². The Hall–Kier alpha value is -3.25. The van der Waals surface area contributed by atoms with Crippen LogP contribution in [0.25, 0.3) is 22.3 Å². The van der Waals surface area contributed by atoms with Gasteiger partial charge in [-0.2, -0.15) is 0 Å². The Morgan fingerprint density at radius 2 is 1.41 bits per heavy atom. The molecule has 1 N–H and O–H groups in total. The summed E-state index contributed by atoms with van der Waals surface area (Å²) >= 11 is 0. The molecule has 150 valence electrons. The smallest absolute Gasteiger partial charge is 0.338 e. The largest absolute Gasteiger partial charge is 0.490 e. The normalized spacial score (nSPS) is 10.6. The van der Waals surface area contributed by atoms with Crippen LogP contribution in [0.4, 0.5) is 8.78 Å². The molecule has 0 unspecified atom stereocenters. The summed E-state index contributed by atoms with van der Waals surface area (Å²) in [6, 6.07) is 14.9. The highest BCUT2D eigenvalue weighted by Gasteiger charge is 2.22. The average molecular weight is 398 g/mol. The maximum Gasteiger partial charge on any atom is 0.338 e. The average Bonchev–Trinajstić information content (AvgIpc) is 2.73. The van der Waals surface area contributed by atoms with Gasteiger partial charge in [0.25, 0.3) is 0 Å². The minimum Gasteiger partial charge on any atom is -0.490 e. The zero-order chi connectivity index (χ0) is 20.8. The highest BCUT2D eigenvalue weighted by atomic mass is 19.1. The Kier molecular flexibility index (Phi) is 6.57. The van der Waals surface area contributed by atoms with Gasteiger partial charge in [0.2, 0.25) is 0 Å². The number of aliphatic hydroxyl groups is 1. The van der Waals surface area contributed by atoms with Crippen molar-refractivity contribution in [3.8, 4) is 28.0 Å². The molecular weight excluding hydrogens is 378 g/mol. The third kappa shape index (κ3) is 4.43. The Morgan fingerprint density at radius 3 is 1.86 bits per heavy atom.